The van der Waals surface area contributed by atoms with Gasteiger partial charge in [-0.3, -0.25) is 0 Å². The van der Waals surface area contributed by atoms with E-state index in [0.29, 0.717) is 4.34 Å². The third-order valence-electron chi connectivity index (χ3n) is 2.75. The van der Waals surface area contributed by atoms with E-state index in [-0.39, 0.29) is 22.9 Å². The first kappa shape index (κ1) is 16.4. The maximum absolute atomic E-state index is 12.6. The zero-order valence-corrected chi connectivity index (χ0v) is 14.2. The van der Waals surface area contributed by atoms with E-state index in [4.69, 9.17) is 16.7 Å². The zero-order chi connectivity index (χ0) is 15.6. The molecule has 0 saturated heterocycles. The van der Waals surface area contributed by atoms with Crippen LogP contribution in [0.25, 0.3) is 0 Å². The minimum Gasteiger partial charge on any atom is -0.477 e. The van der Waals surface area contributed by atoms with Crippen molar-refractivity contribution in [3.8, 4) is 0 Å². The van der Waals surface area contributed by atoms with Crippen molar-refractivity contribution in [1.29, 1.82) is 0 Å². The molecule has 0 aliphatic heterocycles. The number of carbonyl (C=O) groups is 1. The number of rotatable bonds is 6. The van der Waals surface area contributed by atoms with Crippen LogP contribution in [0.5, 0.6) is 0 Å². The summed E-state index contributed by atoms with van der Waals surface area (Å²) in [4.78, 5) is 11.6. The fourth-order valence-electron chi connectivity index (χ4n) is 1.77. The van der Waals surface area contributed by atoms with Gasteiger partial charge in [-0.25, -0.2) is 13.2 Å². The van der Waals surface area contributed by atoms with Gasteiger partial charge < -0.3 is 5.11 Å². The van der Waals surface area contributed by atoms with Gasteiger partial charge in [-0.2, -0.15) is 4.31 Å². The Hall–Kier alpha value is -0.930. The van der Waals surface area contributed by atoms with Crippen molar-refractivity contribution >= 4 is 50.3 Å². The smallest absolute Gasteiger partial charge is 0.347 e. The minimum atomic E-state index is -3.85. The summed E-state index contributed by atoms with van der Waals surface area (Å²) in [7, 11) is -3.85. The van der Waals surface area contributed by atoms with Crippen LogP contribution in [0, 0.1) is 0 Å². The normalized spacial score (nSPS) is 12.0. The van der Waals surface area contributed by atoms with E-state index in [1.165, 1.54) is 27.1 Å². The van der Waals surface area contributed by atoms with Crippen molar-refractivity contribution in [1.82, 2.24) is 4.31 Å². The highest BCUT2D eigenvalue weighted by Gasteiger charge is 2.29. The SMILES string of the molecule is CCN(Cc1ccc(Cl)s1)S(=O)(=O)c1ccsc1C(=O)O. The highest BCUT2D eigenvalue weighted by molar-refractivity contribution is 7.89. The monoisotopic (exact) mass is 365 g/mol. The van der Waals surface area contributed by atoms with E-state index in [0.717, 1.165) is 16.2 Å². The number of thiophene rings is 2. The highest BCUT2D eigenvalue weighted by atomic mass is 35.5. The lowest BCUT2D eigenvalue weighted by molar-refractivity contribution is 0.0698. The molecule has 2 rings (SSSR count). The number of hydrogen-bond donors (Lipinski definition) is 1. The number of carboxylic acids is 1. The minimum absolute atomic E-state index is 0.162. The topological polar surface area (TPSA) is 74.7 Å². The van der Waals surface area contributed by atoms with E-state index in [1.807, 2.05) is 0 Å². The Morgan fingerprint density at radius 1 is 1.38 bits per heavy atom. The Morgan fingerprint density at radius 3 is 2.62 bits per heavy atom. The van der Waals surface area contributed by atoms with Crippen LogP contribution in [0.1, 0.15) is 21.5 Å². The molecule has 9 heteroatoms. The molecule has 0 amide bonds. The molecule has 0 fully saturated rings. The van der Waals surface area contributed by atoms with Crippen LogP contribution >= 0.6 is 34.3 Å². The van der Waals surface area contributed by atoms with Crippen molar-refractivity contribution < 1.29 is 18.3 Å². The molecule has 1 N–H and O–H groups in total. The molecule has 21 heavy (non-hydrogen) atoms. The van der Waals surface area contributed by atoms with Crippen molar-refractivity contribution in [3.63, 3.8) is 0 Å². The third-order valence-corrected chi connectivity index (χ3v) is 6.97. The molecule has 0 aromatic carbocycles. The van der Waals surface area contributed by atoms with Gasteiger partial charge in [0.05, 0.1) is 4.34 Å². The average Bonchev–Trinajstić information content (AvgIpc) is 3.04. The van der Waals surface area contributed by atoms with Crippen LogP contribution in [0.15, 0.2) is 28.5 Å². The molecule has 114 valence electrons. The molecule has 5 nitrogen and oxygen atoms in total. The van der Waals surface area contributed by atoms with Gasteiger partial charge in [0.25, 0.3) is 0 Å². The van der Waals surface area contributed by atoms with Gasteiger partial charge in [-0.1, -0.05) is 18.5 Å². The molecule has 0 radical (unpaired) electrons. The van der Waals surface area contributed by atoms with Crippen LogP contribution in [0.2, 0.25) is 4.34 Å². The molecule has 2 aromatic rings. The summed E-state index contributed by atoms with van der Waals surface area (Å²) in [5, 5.41) is 10.5. The second kappa shape index (κ2) is 6.45. The highest BCUT2D eigenvalue weighted by Crippen LogP contribution is 2.28. The fraction of sp³-hybridized carbons (Fsp3) is 0.250. The Balaban J connectivity index is 2.35. The molecule has 0 aliphatic carbocycles. The van der Waals surface area contributed by atoms with Gasteiger partial charge in [-0.05, 0) is 23.6 Å². The maximum Gasteiger partial charge on any atom is 0.347 e. The molecule has 2 aromatic heterocycles. The molecule has 2 heterocycles. The van der Waals surface area contributed by atoms with Gasteiger partial charge in [0, 0.05) is 18.0 Å². The summed E-state index contributed by atoms with van der Waals surface area (Å²) in [5.74, 6) is -1.24. The predicted octanol–water partition coefficient (Wildman–Crippen LogP) is 3.37. The Kier molecular flexibility index (Phi) is 5.05. The van der Waals surface area contributed by atoms with Gasteiger partial charge in [0.1, 0.15) is 9.77 Å². The molecule has 0 spiro atoms. The second-order valence-electron chi connectivity index (χ2n) is 4.06. The predicted molar refractivity (Wildman–Crippen MR) is 83.9 cm³/mol. The Bertz CT molecular complexity index is 750. The summed E-state index contributed by atoms with van der Waals surface area (Å²) in [5.41, 5.74) is 0. The van der Waals surface area contributed by atoms with Crippen molar-refractivity contribution in [2.75, 3.05) is 6.54 Å². The number of halogens is 1. The van der Waals surface area contributed by atoms with Crippen LogP contribution in [0.3, 0.4) is 0 Å². The number of sulfonamides is 1. The van der Waals surface area contributed by atoms with Gasteiger partial charge in [0.15, 0.2) is 0 Å². The van der Waals surface area contributed by atoms with Gasteiger partial charge in [0.2, 0.25) is 10.0 Å². The lowest BCUT2D eigenvalue weighted by Crippen LogP contribution is -2.30. The zero-order valence-electron chi connectivity index (χ0n) is 10.9. The fourth-order valence-corrected chi connectivity index (χ4v) is 5.62. The number of carboxylic acid groups (broad SMARTS) is 1. The Morgan fingerprint density at radius 2 is 2.10 bits per heavy atom. The van der Waals surface area contributed by atoms with Crippen molar-refractivity contribution in [2.45, 2.75) is 18.4 Å². The molecule has 0 saturated carbocycles. The van der Waals surface area contributed by atoms with E-state index in [2.05, 4.69) is 0 Å². The van der Waals surface area contributed by atoms with E-state index in [9.17, 15) is 13.2 Å². The Labute approximate surface area is 135 Å². The first-order valence-electron chi connectivity index (χ1n) is 5.91. The second-order valence-corrected chi connectivity index (χ2v) is 8.68. The lowest BCUT2D eigenvalue weighted by atomic mass is 10.4. The summed E-state index contributed by atoms with van der Waals surface area (Å²) >= 11 is 8.04. The van der Waals surface area contributed by atoms with E-state index < -0.39 is 16.0 Å². The van der Waals surface area contributed by atoms with E-state index in [1.54, 1.807) is 19.1 Å². The van der Waals surface area contributed by atoms with Crippen LogP contribution in [-0.2, 0) is 16.6 Å². The average molecular weight is 366 g/mol. The van der Waals surface area contributed by atoms with Crippen molar-refractivity contribution in [3.05, 3.63) is 37.7 Å². The molecule has 0 unspecified atom stereocenters. The van der Waals surface area contributed by atoms with Gasteiger partial charge in [-0.15, -0.1) is 22.7 Å². The number of nitrogens with zero attached hydrogens (tertiary/aromatic N) is 1. The first-order chi connectivity index (χ1) is 9.86. The summed E-state index contributed by atoms with van der Waals surface area (Å²) in [6, 6.07) is 4.79. The summed E-state index contributed by atoms with van der Waals surface area (Å²) in [6.07, 6.45) is 0. The molecule has 0 aliphatic rings. The first-order valence-corrected chi connectivity index (χ1v) is 9.42. The van der Waals surface area contributed by atoms with Gasteiger partial charge >= 0.3 is 5.97 Å². The largest absolute Gasteiger partial charge is 0.477 e. The molecular formula is C12H12ClNO4S3. The lowest BCUT2D eigenvalue weighted by Gasteiger charge is -2.19. The standard InChI is InChI=1S/C12H12ClNO4S3/c1-2-14(7-8-3-4-10(13)20-8)21(17,18)9-5-6-19-11(9)12(15)16/h3-6H,2,7H2,1H3,(H,15,16). The summed E-state index contributed by atoms with van der Waals surface area (Å²) in [6.45, 7) is 2.12. The number of aromatic carboxylic acids is 1. The summed E-state index contributed by atoms with van der Waals surface area (Å²) < 4.78 is 27.0. The van der Waals surface area contributed by atoms with E-state index >= 15 is 0 Å². The quantitative estimate of drug-likeness (QED) is 0.851. The molecular weight excluding hydrogens is 354 g/mol. The number of hydrogen-bond acceptors (Lipinski definition) is 5. The van der Waals surface area contributed by atoms with Crippen LogP contribution in [0.4, 0.5) is 0 Å². The van der Waals surface area contributed by atoms with Crippen LogP contribution in [-0.4, -0.2) is 30.3 Å². The van der Waals surface area contributed by atoms with Crippen molar-refractivity contribution in [2.24, 2.45) is 0 Å². The maximum atomic E-state index is 12.6. The molecule has 0 atom stereocenters. The third kappa shape index (κ3) is 3.46. The van der Waals surface area contributed by atoms with Crippen LogP contribution < -0.4 is 0 Å². The molecule has 0 bridgehead atoms.